The molecule has 2 aromatic rings. The third-order valence-electron chi connectivity index (χ3n) is 2.25. The average molecular weight is 205 g/mol. The van der Waals surface area contributed by atoms with Crippen molar-refractivity contribution < 1.29 is 9.90 Å². The smallest absolute Gasteiger partial charge is 0.330 e. The Kier molecular flexibility index (Phi) is 2.37. The Balaban J connectivity index is 2.47. The van der Waals surface area contributed by atoms with Crippen LogP contribution in [0.2, 0.25) is 0 Å². The van der Waals surface area contributed by atoms with Gasteiger partial charge in [-0.1, -0.05) is 19.1 Å². The van der Waals surface area contributed by atoms with E-state index in [9.17, 15) is 4.79 Å². The highest BCUT2D eigenvalue weighted by molar-refractivity contribution is 5.75. The van der Waals surface area contributed by atoms with Gasteiger partial charge in [-0.05, 0) is 18.6 Å². The van der Waals surface area contributed by atoms with Gasteiger partial charge in [-0.15, -0.1) is 0 Å². The summed E-state index contributed by atoms with van der Waals surface area (Å²) in [7, 11) is 0. The van der Waals surface area contributed by atoms with Crippen LogP contribution < -0.4 is 0 Å². The van der Waals surface area contributed by atoms with Gasteiger partial charge < -0.3 is 5.11 Å². The van der Waals surface area contributed by atoms with Gasteiger partial charge in [0, 0.05) is 0 Å². The van der Waals surface area contributed by atoms with Crippen molar-refractivity contribution in [3.8, 4) is 0 Å². The van der Waals surface area contributed by atoms with Crippen LogP contribution in [0.3, 0.4) is 0 Å². The molecule has 0 saturated heterocycles. The number of aliphatic carboxylic acids is 1. The summed E-state index contributed by atoms with van der Waals surface area (Å²) in [5, 5.41) is 17.2. The van der Waals surface area contributed by atoms with Crippen molar-refractivity contribution in [2.24, 2.45) is 0 Å². The van der Waals surface area contributed by atoms with Crippen molar-refractivity contribution in [2.75, 3.05) is 0 Å². The number of fused-ring (bicyclic) bond motifs is 1. The van der Waals surface area contributed by atoms with E-state index in [4.69, 9.17) is 5.11 Å². The average Bonchev–Trinajstić information content (AvgIpc) is 2.61. The number of benzene rings is 1. The molecule has 1 unspecified atom stereocenters. The van der Waals surface area contributed by atoms with Gasteiger partial charge in [0.15, 0.2) is 6.04 Å². The van der Waals surface area contributed by atoms with Crippen LogP contribution in [0.5, 0.6) is 0 Å². The lowest BCUT2D eigenvalue weighted by atomic mass is 10.2. The van der Waals surface area contributed by atoms with E-state index in [-0.39, 0.29) is 0 Å². The highest BCUT2D eigenvalue weighted by atomic mass is 16.4. The lowest BCUT2D eigenvalue weighted by Gasteiger charge is -2.06. The Labute approximate surface area is 86.3 Å². The first-order valence-corrected chi connectivity index (χ1v) is 4.76. The van der Waals surface area contributed by atoms with Crippen molar-refractivity contribution in [1.29, 1.82) is 0 Å². The molecule has 78 valence electrons. The first-order chi connectivity index (χ1) is 7.22. The molecule has 0 spiro atoms. The Morgan fingerprint density at radius 1 is 1.40 bits per heavy atom. The third-order valence-corrected chi connectivity index (χ3v) is 2.25. The fourth-order valence-electron chi connectivity index (χ4n) is 1.45. The Hall–Kier alpha value is -1.91. The molecule has 0 bridgehead atoms. The predicted molar refractivity (Wildman–Crippen MR) is 54.5 cm³/mol. The van der Waals surface area contributed by atoms with Gasteiger partial charge in [0.2, 0.25) is 0 Å². The molecule has 5 nitrogen and oxygen atoms in total. The van der Waals surface area contributed by atoms with Crippen LogP contribution in [0.15, 0.2) is 24.3 Å². The molecule has 1 N–H and O–H groups in total. The van der Waals surface area contributed by atoms with E-state index in [2.05, 4.69) is 10.2 Å². The summed E-state index contributed by atoms with van der Waals surface area (Å²) >= 11 is 0. The number of rotatable bonds is 3. The fraction of sp³-hybridized carbons (Fsp3) is 0.300. The highest BCUT2D eigenvalue weighted by Crippen LogP contribution is 2.13. The predicted octanol–water partition coefficient (Wildman–Crippen LogP) is 1.47. The Morgan fingerprint density at radius 2 is 1.93 bits per heavy atom. The summed E-state index contributed by atoms with van der Waals surface area (Å²) in [6.45, 7) is 1.80. The van der Waals surface area contributed by atoms with Gasteiger partial charge in [-0.25, -0.2) is 4.79 Å². The number of nitrogens with zero attached hydrogens (tertiary/aromatic N) is 3. The van der Waals surface area contributed by atoms with Crippen molar-refractivity contribution in [2.45, 2.75) is 19.4 Å². The summed E-state index contributed by atoms with van der Waals surface area (Å²) in [6.07, 6.45) is 0.469. The normalized spacial score (nSPS) is 12.9. The number of hydrogen-bond acceptors (Lipinski definition) is 3. The molecule has 1 aromatic carbocycles. The van der Waals surface area contributed by atoms with E-state index in [1.54, 1.807) is 6.92 Å². The molecule has 0 fully saturated rings. The van der Waals surface area contributed by atoms with E-state index in [0.29, 0.717) is 6.42 Å². The minimum atomic E-state index is -0.905. The van der Waals surface area contributed by atoms with Gasteiger partial charge in [0.05, 0.1) is 0 Å². The fourth-order valence-corrected chi connectivity index (χ4v) is 1.45. The quantitative estimate of drug-likeness (QED) is 0.823. The minimum absolute atomic E-state index is 0.469. The Morgan fingerprint density at radius 3 is 2.33 bits per heavy atom. The second-order valence-corrected chi connectivity index (χ2v) is 3.27. The van der Waals surface area contributed by atoms with Crippen LogP contribution >= 0.6 is 0 Å². The topological polar surface area (TPSA) is 68.0 Å². The molecular weight excluding hydrogens is 194 g/mol. The SMILES string of the molecule is CCC(C(=O)O)n1nc2ccccc2n1. The van der Waals surface area contributed by atoms with E-state index in [0.717, 1.165) is 11.0 Å². The zero-order chi connectivity index (χ0) is 10.8. The van der Waals surface area contributed by atoms with Crippen LogP contribution in [0.4, 0.5) is 0 Å². The van der Waals surface area contributed by atoms with Crippen LogP contribution in [0, 0.1) is 0 Å². The lowest BCUT2D eigenvalue weighted by molar-refractivity contribution is -0.141. The number of carboxylic acid groups (broad SMARTS) is 1. The van der Waals surface area contributed by atoms with E-state index < -0.39 is 12.0 Å². The molecule has 5 heteroatoms. The zero-order valence-electron chi connectivity index (χ0n) is 8.29. The number of carboxylic acids is 1. The molecule has 1 atom stereocenters. The van der Waals surface area contributed by atoms with Gasteiger partial charge in [0.1, 0.15) is 11.0 Å². The maximum atomic E-state index is 10.9. The number of aromatic nitrogens is 3. The molecule has 2 rings (SSSR count). The van der Waals surface area contributed by atoms with Crippen molar-refractivity contribution in [3.63, 3.8) is 0 Å². The molecular formula is C10H11N3O2. The second-order valence-electron chi connectivity index (χ2n) is 3.27. The molecule has 0 aliphatic heterocycles. The van der Waals surface area contributed by atoms with Crippen molar-refractivity contribution >= 4 is 17.0 Å². The van der Waals surface area contributed by atoms with Crippen molar-refractivity contribution in [3.05, 3.63) is 24.3 Å². The summed E-state index contributed by atoms with van der Waals surface area (Å²) in [4.78, 5) is 12.2. The number of hydrogen-bond donors (Lipinski definition) is 1. The van der Waals surface area contributed by atoms with Gasteiger partial charge >= 0.3 is 5.97 Å². The van der Waals surface area contributed by atoms with Crippen LogP contribution in [0.1, 0.15) is 19.4 Å². The highest BCUT2D eigenvalue weighted by Gasteiger charge is 2.19. The van der Waals surface area contributed by atoms with Crippen molar-refractivity contribution in [1.82, 2.24) is 15.0 Å². The molecule has 1 aromatic heterocycles. The molecule has 0 radical (unpaired) electrons. The van der Waals surface area contributed by atoms with Crippen LogP contribution in [-0.2, 0) is 4.79 Å². The summed E-state index contributed by atoms with van der Waals surface area (Å²) < 4.78 is 0. The molecule has 0 aliphatic carbocycles. The van der Waals surface area contributed by atoms with E-state index in [1.807, 2.05) is 24.3 Å². The zero-order valence-corrected chi connectivity index (χ0v) is 8.29. The maximum absolute atomic E-state index is 10.9. The Bertz CT molecular complexity index is 459. The van der Waals surface area contributed by atoms with Gasteiger partial charge in [0.25, 0.3) is 0 Å². The van der Waals surface area contributed by atoms with E-state index >= 15 is 0 Å². The first-order valence-electron chi connectivity index (χ1n) is 4.76. The monoisotopic (exact) mass is 205 g/mol. The molecule has 0 amide bonds. The standard InChI is InChI=1S/C10H11N3O2/c1-2-9(10(14)15)13-11-7-5-3-4-6-8(7)12-13/h3-6,9H,2H2,1H3,(H,14,15). The minimum Gasteiger partial charge on any atom is -0.480 e. The van der Waals surface area contributed by atoms with Gasteiger partial charge in [-0.3, -0.25) is 0 Å². The number of carbonyl (C=O) groups is 1. The molecule has 0 saturated carbocycles. The van der Waals surface area contributed by atoms with Crippen LogP contribution in [0.25, 0.3) is 11.0 Å². The van der Waals surface area contributed by atoms with Crippen LogP contribution in [-0.4, -0.2) is 26.1 Å². The summed E-state index contributed by atoms with van der Waals surface area (Å²) in [5.41, 5.74) is 1.44. The largest absolute Gasteiger partial charge is 0.480 e. The second kappa shape index (κ2) is 3.68. The molecule has 0 aliphatic rings. The summed E-state index contributed by atoms with van der Waals surface area (Å²) in [5.74, 6) is -0.905. The maximum Gasteiger partial charge on any atom is 0.330 e. The third kappa shape index (κ3) is 1.68. The first kappa shape index (κ1) is 9.64. The van der Waals surface area contributed by atoms with E-state index in [1.165, 1.54) is 4.80 Å². The molecule has 1 heterocycles. The summed E-state index contributed by atoms with van der Waals surface area (Å²) in [6, 6.07) is 6.64. The lowest BCUT2D eigenvalue weighted by Crippen LogP contribution is -2.20. The molecule has 15 heavy (non-hydrogen) atoms. The van der Waals surface area contributed by atoms with Gasteiger partial charge in [-0.2, -0.15) is 15.0 Å².